The molecule has 0 spiro atoms. The van der Waals surface area contributed by atoms with Gasteiger partial charge in [-0.05, 0) is 105 Å². The molecule has 58 heavy (non-hydrogen) atoms. The fraction of sp³-hybridized carbons (Fsp3) is 0.386. The van der Waals surface area contributed by atoms with Gasteiger partial charge in [0.25, 0.3) is 0 Å². The zero-order chi connectivity index (χ0) is 40.4. The minimum atomic E-state index is -0.405. The van der Waals surface area contributed by atoms with Gasteiger partial charge in [0.1, 0.15) is 23.8 Å². The van der Waals surface area contributed by atoms with Crippen LogP contribution in [0.2, 0.25) is 0 Å². The number of nitrogens with zero attached hydrogens (tertiary/aromatic N) is 5. The minimum absolute atomic E-state index is 0.0432. The second kappa shape index (κ2) is 16.4. The predicted molar refractivity (Wildman–Crippen MR) is 220 cm³/mol. The number of ether oxygens (including phenoxy) is 1. The average Bonchev–Trinajstić information content (AvgIpc) is 3.87. The summed E-state index contributed by atoms with van der Waals surface area (Å²) in [6.07, 6.45) is 5.56. The number of rotatable bonds is 12. The van der Waals surface area contributed by atoms with E-state index >= 15 is 0 Å². The lowest BCUT2D eigenvalue weighted by Gasteiger charge is -2.32. The number of nitrogens with one attached hydrogen (secondary N) is 4. The van der Waals surface area contributed by atoms with Gasteiger partial charge in [0.15, 0.2) is 5.82 Å². The van der Waals surface area contributed by atoms with Gasteiger partial charge in [-0.1, -0.05) is 50.2 Å². The van der Waals surface area contributed by atoms with E-state index in [-0.39, 0.29) is 23.1 Å². The number of aromatic amines is 1. The number of piperidine rings is 2. The summed E-state index contributed by atoms with van der Waals surface area (Å²) in [7, 11) is 0. The number of hydrogen-bond donors (Lipinski definition) is 4. The second-order valence-electron chi connectivity index (χ2n) is 16.4. The van der Waals surface area contributed by atoms with Crippen LogP contribution in [0.3, 0.4) is 0 Å². The summed E-state index contributed by atoms with van der Waals surface area (Å²) in [4.78, 5) is 55.9. The second-order valence-corrected chi connectivity index (χ2v) is 16.4. The molecule has 2 aliphatic rings. The fourth-order valence-electron chi connectivity index (χ4n) is 7.78. The highest BCUT2D eigenvalue weighted by atomic mass is 16.5. The number of aromatic nitrogens is 5. The number of carbonyl (C=O) groups excluding carboxylic acids is 3. The molecule has 14 nitrogen and oxygen atoms in total. The molecule has 1 unspecified atom stereocenters. The molecule has 1 atom stereocenters. The van der Waals surface area contributed by atoms with Gasteiger partial charge in [0.05, 0.1) is 17.7 Å². The molecule has 300 valence electrons. The molecule has 14 heteroatoms. The number of carbonyl (C=O) groups is 3. The van der Waals surface area contributed by atoms with Crippen molar-refractivity contribution in [3.05, 3.63) is 95.4 Å². The van der Waals surface area contributed by atoms with E-state index < -0.39 is 11.9 Å². The molecule has 0 bridgehead atoms. The van der Waals surface area contributed by atoms with E-state index in [9.17, 15) is 14.4 Å². The lowest BCUT2D eigenvalue weighted by Crippen LogP contribution is -2.47. The molecule has 0 radical (unpaired) electrons. The number of imide groups is 1. The molecule has 4 N–H and O–H groups in total. The minimum Gasteiger partial charge on any atom is -0.494 e. The molecule has 0 saturated carbocycles. The van der Waals surface area contributed by atoms with Crippen molar-refractivity contribution in [2.75, 3.05) is 31.6 Å². The van der Waals surface area contributed by atoms with Crippen LogP contribution in [0.1, 0.15) is 92.0 Å². The van der Waals surface area contributed by atoms with Gasteiger partial charge in [-0.3, -0.25) is 19.7 Å². The lowest BCUT2D eigenvalue weighted by atomic mass is 9.88. The largest absolute Gasteiger partial charge is 0.494 e. The Hall–Kier alpha value is -6.15. The first-order chi connectivity index (χ1) is 28.0. The van der Waals surface area contributed by atoms with Crippen LogP contribution in [0.4, 0.5) is 5.69 Å². The molecular weight excluding hydrogens is 735 g/mol. The Labute approximate surface area is 336 Å². The molecule has 0 aliphatic carbocycles. The van der Waals surface area contributed by atoms with E-state index in [1.165, 1.54) is 5.56 Å². The quantitative estimate of drug-likeness (QED) is 0.0780. The molecule has 3 amide bonds. The van der Waals surface area contributed by atoms with Gasteiger partial charge in [0, 0.05) is 47.1 Å². The van der Waals surface area contributed by atoms with Crippen LogP contribution in [0.25, 0.3) is 33.2 Å². The summed E-state index contributed by atoms with van der Waals surface area (Å²) in [5.41, 5.74) is 7.55. The topological polar surface area (TPSA) is 180 Å². The number of anilines is 1. The summed E-state index contributed by atoms with van der Waals surface area (Å²) in [5.74, 6) is 0.817. The predicted octanol–water partition coefficient (Wildman–Crippen LogP) is 6.56. The van der Waals surface area contributed by atoms with Gasteiger partial charge >= 0.3 is 11.8 Å². The van der Waals surface area contributed by atoms with Crippen molar-refractivity contribution in [3.8, 4) is 17.0 Å². The third kappa shape index (κ3) is 8.57. The molecule has 3 aromatic carbocycles. The van der Waals surface area contributed by atoms with Gasteiger partial charge in [-0.2, -0.15) is 4.98 Å². The molecule has 2 aliphatic heterocycles. The maximum Gasteiger partial charge on any atom is 0.315 e. The first-order valence-electron chi connectivity index (χ1n) is 20.0. The number of fused-ring (bicyclic) bond motifs is 3. The normalized spacial score (nSPS) is 16.8. The third-order valence-corrected chi connectivity index (χ3v) is 11.1. The van der Waals surface area contributed by atoms with Gasteiger partial charge < -0.3 is 29.8 Å². The Morgan fingerprint density at radius 2 is 1.81 bits per heavy atom. The van der Waals surface area contributed by atoms with Crippen LogP contribution in [0, 0.1) is 6.92 Å². The van der Waals surface area contributed by atoms with E-state index in [1.807, 2.05) is 64.1 Å². The molecule has 5 heterocycles. The monoisotopic (exact) mass is 783 g/mol. The van der Waals surface area contributed by atoms with Gasteiger partial charge in [-0.25, -0.2) is 9.97 Å². The summed E-state index contributed by atoms with van der Waals surface area (Å²) >= 11 is 0. The smallest absolute Gasteiger partial charge is 0.315 e. The summed E-state index contributed by atoms with van der Waals surface area (Å²) in [5, 5.41) is 14.5. The Morgan fingerprint density at radius 1 is 1.00 bits per heavy atom. The van der Waals surface area contributed by atoms with Crippen LogP contribution >= 0.6 is 0 Å². The maximum atomic E-state index is 12.7. The standard InChI is InChI=1S/C44H49N9O5/c1-26-22-29(6-7-30(26)24-45-41(56)42-51-43(52-58-42)44(2,3)4)38-37-33-13-8-28(23-35(33)49-39(37)47-25-46-38)27-16-19-53(20-17-27)18-5-21-57-32-11-9-31(10-12-32)48-34-14-15-36(54)50-40(34)55/h6-13,22-23,25,27,34,48H,5,14-21,24H2,1-4H3,(H,45,56)(H,46,47,49)(H,50,54,55). The molecule has 3 aromatic heterocycles. The van der Waals surface area contributed by atoms with E-state index in [4.69, 9.17) is 14.2 Å². The SMILES string of the molecule is Cc1cc(-c2ncnc3[nH]c4cc(C5CCN(CCCOc6ccc(NC7CCC(=O)NC7=O)cc6)CC5)ccc4c23)ccc1CNC(=O)c1nc(C(C)(C)C)no1. The van der Waals surface area contributed by atoms with E-state index in [0.717, 1.165) is 94.7 Å². The van der Waals surface area contributed by atoms with Crippen molar-refractivity contribution in [1.29, 1.82) is 0 Å². The number of H-pyrrole nitrogens is 1. The van der Waals surface area contributed by atoms with Crippen molar-refractivity contribution in [2.24, 2.45) is 0 Å². The molecule has 2 fully saturated rings. The zero-order valence-electron chi connectivity index (χ0n) is 33.4. The first kappa shape index (κ1) is 38.7. The molecule has 2 saturated heterocycles. The van der Waals surface area contributed by atoms with Crippen molar-refractivity contribution < 1.29 is 23.6 Å². The summed E-state index contributed by atoms with van der Waals surface area (Å²) in [6, 6.07) is 20.1. The fourth-order valence-corrected chi connectivity index (χ4v) is 7.78. The van der Waals surface area contributed by atoms with Crippen LogP contribution in [0.15, 0.2) is 71.5 Å². The Morgan fingerprint density at radius 3 is 2.55 bits per heavy atom. The van der Waals surface area contributed by atoms with E-state index in [1.54, 1.807) is 6.33 Å². The zero-order valence-corrected chi connectivity index (χ0v) is 33.4. The van der Waals surface area contributed by atoms with E-state index in [0.29, 0.717) is 37.7 Å². The molecule has 8 rings (SSSR count). The lowest BCUT2D eigenvalue weighted by molar-refractivity contribution is -0.133. The average molecular weight is 784 g/mol. The van der Waals surface area contributed by atoms with Crippen molar-refractivity contribution >= 4 is 45.3 Å². The van der Waals surface area contributed by atoms with Crippen LogP contribution in [-0.2, 0) is 21.5 Å². The third-order valence-electron chi connectivity index (χ3n) is 11.1. The van der Waals surface area contributed by atoms with Crippen LogP contribution < -0.4 is 20.7 Å². The molecular formula is C44H49N9O5. The van der Waals surface area contributed by atoms with Crippen molar-refractivity contribution in [1.82, 2.24) is 40.6 Å². The maximum absolute atomic E-state index is 12.7. The number of benzene rings is 3. The highest BCUT2D eigenvalue weighted by Gasteiger charge is 2.27. The highest BCUT2D eigenvalue weighted by Crippen LogP contribution is 2.36. The van der Waals surface area contributed by atoms with Gasteiger partial charge in [-0.15, -0.1) is 0 Å². The van der Waals surface area contributed by atoms with Gasteiger partial charge in [0.2, 0.25) is 11.8 Å². The summed E-state index contributed by atoms with van der Waals surface area (Å²) < 4.78 is 11.2. The summed E-state index contributed by atoms with van der Waals surface area (Å²) in [6.45, 7) is 12.0. The highest BCUT2D eigenvalue weighted by molar-refractivity contribution is 6.12. The number of amides is 3. The number of likely N-dealkylation sites (tertiary alicyclic amines) is 1. The van der Waals surface area contributed by atoms with E-state index in [2.05, 4.69) is 65.2 Å². The Bertz CT molecular complexity index is 2460. The van der Waals surface area contributed by atoms with Crippen molar-refractivity contribution in [2.45, 2.75) is 83.7 Å². The van der Waals surface area contributed by atoms with Crippen molar-refractivity contribution in [3.63, 3.8) is 0 Å². The first-order valence-corrected chi connectivity index (χ1v) is 20.0. The van der Waals surface area contributed by atoms with Crippen LogP contribution in [0.5, 0.6) is 5.75 Å². The number of hydrogen-bond acceptors (Lipinski definition) is 11. The Kier molecular flexibility index (Phi) is 10.9. The Balaban J connectivity index is 0.835. The van der Waals surface area contributed by atoms with Crippen LogP contribution in [-0.4, -0.2) is 80.0 Å². The number of aryl methyl sites for hydroxylation is 1. The molecule has 6 aromatic rings.